The normalized spacial score (nSPS) is 11.7. The van der Waals surface area contributed by atoms with Crippen LogP contribution in [0.4, 0.5) is 18.9 Å². The van der Waals surface area contributed by atoms with Crippen LogP contribution in [0, 0.1) is 24.4 Å². The van der Waals surface area contributed by atoms with Gasteiger partial charge in [-0.25, -0.2) is 13.2 Å². The average Bonchev–Trinajstić information content (AvgIpc) is 2.57. The van der Waals surface area contributed by atoms with E-state index in [0.29, 0.717) is 6.07 Å². The minimum absolute atomic E-state index is 0.0303. The van der Waals surface area contributed by atoms with E-state index in [1.807, 2.05) is 19.1 Å². The van der Waals surface area contributed by atoms with Crippen LogP contribution in [0.2, 0.25) is 0 Å². The molecule has 132 valence electrons. The number of anilines is 1. The molecule has 7 heteroatoms. The molecule has 1 atom stereocenters. The van der Waals surface area contributed by atoms with E-state index in [0.717, 1.165) is 17.2 Å². The topological polar surface area (TPSA) is 55.4 Å². The number of nitrogens with one attached hydrogen (secondary N) is 1. The first kappa shape index (κ1) is 18.5. The lowest BCUT2D eigenvalue weighted by molar-refractivity contribution is -0.152. The molecule has 0 aromatic heterocycles. The third-order valence-electron chi connectivity index (χ3n) is 3.44. The summed E-state index contributed by atoms with van der Waals surface area (Å²) in [7, 11) is 0. The lowest BCUT2D eigenvalue weighted by Gasteiger charge is -2.14. The number of halogens is 3. The predicted octanol–water partition coefficient (Wildman–Crippen LogP) is 3.53. The first-order chi connectivity index (χ1) is 11.8. The Morgan fingerprint density at radius 2 is 1.68 bits per heavy atom. The molecule has 0 fully saturated rings. The first-order valence-corrected chi connectivity index (χ1v) is 7.47. The van der Waals surface area contributed by atoms with Crippen molar-refractivity contribution in [2.75, 3.05) is 5.32 Å². The highest BCUT2D eigenvalue weighted by molar-refractivity contribution is 5.95. The summed E-state index contributed by atoms with van der Waals surface area (Å²) < 4.78 is 44.5. The Bertz CT molecular complexity index is 791. The molecule has 25 heavy (non-hydrogen) atoms. The van der Waals surface area contributed by atoms with Crippen LogP contribution >= 0.6 is 0 Å². The van der Waals surface area contributed by atoms with Crippen LogP contribution in [-0.4, -0.2) is 18.0 Å². The maximum atomic E-state index is 13.5. The van der Waals surface area contributed by atoms with Crippen molar-refractivity contribution in [1.29, 1.82) is 0 Å². The lowest BCUT2D eigenvalue weighted by atomic mass is 10.1. The summed E-state index contributed by atoms with van der Waals surface area (Å²) >= 11 is 0. The quantitative estimate of drug-likeness (QED) is 0.662. The van der Waals surface area contributed by atoms with Crippen LogP contribution in [0.15, 0.2) is 36.4 Å². The molecule has 2 aromatic carbocycles. The monoisotopic (exact) mass is 351 g/mol. The number of amides is 1. The number of carbonyl (C=O) groups is 2. The first-order valence-electron chi connectivity index (χ1n) is 7.47. The van der Waals surface area contributed by atoms with E-state index in [1.54, 1.807) is 12.1 Å². The zero-order chi connectivity index (χ0) is 18.6. The van der Waals surface area contributed by atoms with Gasteiger partial charge in [-0.2, -0.15) is 0 Å². The summed E-state index contributed by atoms with van der Waals surface area (Å²) in [4.78, 5) is 23.8. The molecule has 0 aliphatic rings. The summed E-state index contributed by atoms with van der Waals surface area (Å²) in [5.74, 6) is -6.08. The molecule has 2 rings (SSSR count). The summed E-state index contributed by atoms with van der Waals surface area (Å²) in [6.45, 7) is 3.20. The maximum Gasteiger partial charge on any atom is 0.311 e. The molecule has 0 aliphatic heterocycles. The number of hydrogen-bond acceptors (Lipinski definition) is 3. The van der Waals surface area contributed by atoms with Gasteiger partial charge in [-0.1, -0.05) is 29.8 Å². The Balaban J connectivity index is 1.94. The van der Waals surface area contributed by atoms with Gasteiger partial charge < -0.3 is 10.1 Å². The van der Waals surface area contributed by atoms with Crippen molar-refractivity contribution in [3.63, 3.8) is 0 Å². The van der Waals surface area contributed by atoms with Gasteiger partial charge in [-0.15, -0.1) is 0 Å². The van der Waals surface area contributed by atoms with Gasteiger partial charge in [0.15, 0.2) is 23.6 Å². The number of aryl methyl sites for hydroxylation is 1. The van der Waals surface area contributed by atoms with E-state index < -0.39 is 41.1 Å². The second-order valence-corrected chi connectivity index (χ2v) is 5.51. The van der Waals surface area contributed by atoms with Gasteiger partial charge in [0, 0.05) is 0 Å². The van der Waals surface area contributed by atoms with E-state index in [-0.39, 0.29) is 6.42 Å². The molecule has 2 aromatic rings. The number of rotatable bonds is 5. The van der Waals surface area contributed by atoms with Crippen molar-refractivity contribution in [3.8, 4) is 0 Å². The molecule has 0 bridgehead atoms. The van der Waals surface area contributed by atoms with Crippen molar-refractivity contribution in [2.24, 2.45) is 0 Å². The molecule has 1 N–H and O–H groups in total. The summed E-state index contributed by atoms with van der Waals surface area (Å²) in [5.41, 5.74) is 1.22. The number of carbonyl (C=O) groups excluding carboxylic acids is 2. The summed E-state index contributed by atoms with van der Waals surface area (Å²) in [5, 5.41) is 2.06. The third kappa shape index (κ3) is 4.82. The number of esters is 1. The standard InChI is InChI=1S/C18H16F3NO3/c1-10-3-5-12(6-4-10)9-15(23)25-11(2)18(24)22-14-8-7-13(19)16(20)17(14)21/h3-8,11H,9H2,1-2H3,(H,22,24)/t11-/m1/s1. The van der Waals surface area contributed by atoms with Crippen LogP contribution in [0.25, 0.3) is 0 Å². The molecule has 0 aliphatic carbocycles. The van der Waals surface area contributed by atoms with Crippen LogP contribution in [0.3, 0.4) is 0 Å². The SMILES string of the molecule is Cc1ccc(CC(=O)O[C@H](C)C(=O)Nc2ccc(F)c(F)c2F)cc1. The number of hydrogen-bond donors (Lipinski definition) is 1. The Labute approximate surface area is 142 Å². The van der Waals surface area contributed by atoms with E-state index in [2.05, 4.69) is 5.32 Å². The van der Waals surface area contributed by atoms with Crippen LogP contribution in [0.5, 0.6) is 0 Å². The molecule has 0 saturated carbocycles. The molecule has 0 heterocycles. The van der Waals surface area contributed by atoms with Crippen LogP contribution in [-0.2, 0) is 20.7 Å². The van der Waals surface area contributed by atoms with Crippen LogP contribution in [0.1, 0.15) is 18.1 Å². The molecule has 0 radical (unpaired) electrons. The maximum absolute atomic E-state index is 13.5. The molecule has 1 amide bonds. The molecule has 0 saturated heterocycles. The van der Waals surface area contributed by atoms with Crippen molar-refractivity contribution in [2.45, 2.75) is 26.4 Å². The van der Waals surface area contributed by atoms with Crippen molar-refractivity contribution in [3.05, 3.63) is 65.0 Å². The third-order valence-corrected chi connectivity index (χ3v) is 3.44. The van der Waals surface area contributed by atoms with Gasteiger partial charge >= 0.3 is 5.97 Å². The van der Waals surface area contributed by atoms with Gasteiger partial charge in [0.2, 0.25) is 0 Å². The van der Waals surface area contributed by atoms with Gasteiger partial charge in [0.25, 0.3) is 5.91 Å². The average molecular weight is 351 g/mol. The largest absolute Gasteiger partial charge is 0.452 e. The van der Waals surface area contributed by atoms with Crippen LogP contribution < -0.4 is 5.32 Å². The van der Waals surface area contributed by atoms with Gasteiger partial charge in [0.1, 0.15) is 0 Å². The zero-order valence-electron chi connectivity index (χ0n) is 13.6. The molecule has 4 nitrogen and oxygen atoms in total. The van der Waals surface area contributed by atoms with Crippen molar-refractivity contribution in [1.82, 2.24) is 0 Å². The Kier molecular flexibility index (Phi) is 5.80. The van der Waals surface area contributed by atoms with Gasteiger partial charge in [-0.3, -0.25) is 9.59 Å². The highest BCUT2D eigenvalue weighted by atomic mass is 19.2. The van der Waals surface area contributed by atoms with Gasteiger partial charge in [-0.05, 0) is 31.5 Å². The van der Waals surface area contributed by atoms with Gasteiger partial charge in [0.05, 0.1) is 12.1 Å². The highest BCUT2D eigenvalue weighted by Crippen LogP contribution is 2.20. The fraction of sp³-hybridized carbons (Fsp3) is 0.222. The van der Waals surface area contributed by atoms with E-state index in [4.69, 9.17) is 4.74 Å². The highest BCUT2D eigenvalue weighted by Gasteiger charge is 2.21. The number of benzene rings is 2. The smallest absolute Gasteiger partial charge is 0.311 e. The molecular formula is C18H16F3NO3. The fourth-order valence-electron chi connectivity index (χ4n) is 2.02. The van der Waals surface area contributed by atoms with Crippen molar-refractivity contribution >= 4 is 17.6 Å². The molecule has 0 unspecified atom stereocenters. The minimum Gasteiger partial charge on any atom is -0.452 e. The number of ether oxygens (including phenoxy) is 1. The minimum atomic E-state index is -1.69. The van der Waals surface area contributed by atoms with Crippen molar-refractivity contribution < 1.29 is 27.5 Å². The summed E-state index contributed by atoms with van der Waals surface area (Å²) in [6, 6.07) is 8.76. The Hall–Kier alpha value is -2.83. The fourth-order valence-corrected chi connectivity index (χ4v) is 2.02. The van der Waals surface area contributed by atoms with E-state index in [1.165, 1.54) is 6.92 Å². The predicted molar refractivity (Wildman–Crippen MR) is 85.4 cm³/mol. The second-order valence-electron chi connectivity index (χ2n) is 5.51. The van der Waals surface area contributed by atoms with E-state index in [9.17, 15) is 22.8 Å². The zero-order valence-corrected chi connectivity index (χ0v) is 13.6. The summed E-state index contributed by atoms with van der Waals surface area (Å²) in [6.07, 6.45) is -1.26. The van der Waals surface area contributed by atoms with E-state index >= 15 is 0 Å². The molecular weight excluding hydrogens is 335 g/mol. The Morgan fingerprint density at radius 3 is 2.32 bits per heavy atom. The second kappa shape index (κ2) is 7.83. The lowest BCUT2D eigenvalue weighted by Crippen LogP contribution is -2.31. The molecule has 0 spiro atoms. The Morgan fingerprint density at radius 1 is 1.04 bits per heavy atom.